The maximum Gasteiger partial charge on any atom is 0.338 e. The third-order valence-electron chi connectivity index (χ3n) is 6.01. The van der Waals surface area contributed by atoms with Crippen LogP contribution in [0.3, 0.4) is 0 Å². The molecule has 1 aromatic heterocycles. The van der Waals surface area contributed by atoms with Gasteiger partial charge in [-0.1, -0.05) is 41.9 Å². The number of benzene rings is 2. The van der Waals surface area contributed by atoms with Gasteiger partial charge in [-0.25, -0.2) is 17.9 Å². The predicted octanol–water partition coefficient (Wildman–Crippen LogP) is 2.94. The summed E-state index contributed by atoms with van der Waals surface area (Å²) in [5.41, 5.74) is 0.685. The van der Waals surface area contributed by atoms with Crippen molar-refractivity contribution in [2.45, 2.75) is 24.5 Å². The minimum atomic E-state index is -4.04. The molecule has 2 heterocycles. The second kappa shape index (κ2) is 11.8. The first-order chi connectivity index (χ1) is 18.2. The van der Waals surface area contributed by atoms with E-state index >= 15 is 0 Å². The van der Waals surface area contributed by atoms with Crippen molar-refractivity contribution in [1.82, 2.24) is 14.5 Å². The highest BCUT2D eigenvalue weighted by molar-refractivity contribution is 7.89. The van der Waals surface area contributed by atoms with Gasteiger partial charge in [0, 0.05) is 32.7 Å². The Hall–Kier alpha value is -3.67. The summed E-state index contributed by atoms with van der Waals surface area (Å²) >= 11 is 6.13. The lowest BCUT2D eigenvalue weighted by Gasteiger charge is -2.35. The number of amides is 2. The number of nitrogens with zero attached hydrogens (tertiary/aromatic N) is 2. The number of furan rings is 1. The van der Waals surface area contributed by atoms with Crippen LogP contribution in [0.5, 0.6) is 0 Å². The first kappa shape index (κ1) is 27.4. The number of nitrogens with one attached hydrogen (secondary N) is 1. The number of halogens is 1. The Morgan fingerprint density at radius 2 is 1.68 bits per heavy atom. The van der Waals surface area contributed by atoms with E-state index in [-0.39, 0.29) is 46.8 Å². The van der Waals surface area contributed by atoms with E-state index in [9.17, 15) is 22.8 Å². The smallest absolute Gasteiger partial charge is 0.338 e. The van der Waals surface area contributed by atoms with Gasteiger partial charge in [0.15, 0.2) is 11.9 Å². The summed E-state index contributed by atoms with van der Waals surface area (Å²) in [4.78, 5) is 40.9. The third kappa shape index (κ3) is 6.42. The fourth-order valence-electron chi connectivity index (χ4n) is 3.91. The summed E-state index contributed by atoms with van der Waals surface area (Å²) in [5.74, 6) is -1.32. The van der Waals surface area contributed by atoms with E-state index in [0.29, 0.717) is 13.1 Å². The van der Waals surface area contributed by atoms with Crippen LogP contribution in [0.15, 0.2) is 76.2 Å². The van der Waals surface area contributed by atoms with Gasteiger partial charge in [0.25, 0.3) is 11.8 Å². The molecule has 1 atom stereocenters. The maximum absolute atomic E-state index is 12.9. The SMILES string of the molecule is C[C@H](OC(=O)c1ccc(Cl)c(S(=O)(=O)NCc2ccccc2)c1)C(=O)N1CCN(C(=O)c2ccco2)CC1. The molecule has 1 fully saturated rings. The molecule has 0 radical (unpaired) electrons. The molecule has 0 saturated carbocycles. The first-order valence-electron chi connectivity index (χ1n) is 11.8. The van der Waals surface area contributed by atoms with E-state index in [4.69, 9.17) is 20.8 Å². The number of ether oxygens (including phenoxy) is 1. The lowest BCUT2D eigenvalue weighted by molar-refractivity contribution is -0.141. The number of carbonyl (C=O) groups excluding carboxylic acids is 3. The standard InChI is InChI=1S/C26H26ClN3O7S/c1-18(24(31)29-11-13-30(14-12-29)25(32)22-8-5-15-36-22)37-26(33)20-9-10-21(27)23(16-20)38(34,35)28-17-19-6-3-2-4-7-19/h2-10,15-16,18,28H,11-14,17H2,1H3/t18-/m0/s1. The zero-order valence-corrected chi connectivity index (χ0v) is 22.1. The number of piperazine rings is 1. The van der Waals surface area contributed by atoms with E-state index in [2.05, 4.69) is 4.72 Å². The van der Waals surface area contributed by atoms with Gasteiger partial charge in [0.05, 0.1) is 16.8 Å². The number of rotatable bonds is 8. The van der Waals surface area contributed by atoms with Gasteiger partial charge >= 0.3 is 5.97 Å². The van der Waals surface area contributed by atoms with Crippen LogP contribution in [0.25, 0.3) is 0 Å². The van der Waals surface area contributed by atoms with Gasteiger partial charge < -0.3 is 19.0 Å². The minimum absolute atomic E-state index is 0.0418. The molecule has 2 amide bonds. The second-order valence-electron chi connectivity index (χ2n) is 8.60. The number of hydrogen-bond acceptors (Lipinski definition) is 7. The Balaban J connectivity index is 1.35. The van der Waals surface area contributed by atoms with Crippen molar-refractivity contribution < 1.29 is 32.0 Å². The predicted molar refractivity (Wildman–Crippen MR) is 138 cm³/mol. The van der Waals surface area contributed by atoms with Gasteiger partial charge in [0.1, 0.15) is 4.90 Å². The van der Waals surface area contributed by atoms with Crippen LogP contribution in [0.1, 0.15) is 33.4 Å². The average Bonchev–Trinajstić information content (AvgIpc) is 3.47. The molecule has 1 aliphatic heterocycles. The summed E-state index contributed by atoms with van der Waals surface area (Å²) in [6.45, 7) is 2.63. The van der Waals surface area contributed by atoms with Crippen LogP contribution < -0.4 is 4.72 Å². The van der Waals surface area contributed by atoms with Crippen molar-refractivity contribution in [1.29, 1.82) is 0 Å². The van der Waals surface area contributed by atoms with Crippen molar-refractivity contribution in [3.05, 3.63) is 88.8 Å². The van der Waals surface area contributed by atoms with Crippen LogP contribution in [0, 0.1) is 0 Å². The molecule has 10 nitrogen and oxygen atoms in total. The highest BCUT2D eigenvalue weighted by Crippen LogP contribution is 2.24. The fraction of sp³-hybridized carbons (Fsp3) is 0.269. The largest absolute Gasteiger partial charge is 0.459 e. The zero-order valence-electron chi connectivity index (χ0n) is 20.5. The van der Waals surface area contributed by atoms with E-state index in [1.165, 1.54) is 30.2 Å². The average molecular weight is 560 g/mol. The summed E-state index contributed by atoms with van der Waals surface area (Å²) in [6, 6.07) is 15.9. The lowest BCUT2D eigenvalue weighted by atomic mass is 10.2. The second-order valence-corrected chi connectivity index (χ2v) is 10.7. The van der Waals surface area contributed by atoms with Crippen molar-refractivity contribution in [3.8, 4) is 0 Å². The molecular weight excluding hydrogens is 534 g/mol. The molecule has 1 saturated heterocycles. The molecule has 0 spiro atoms. The van der Waals surface area contributed by atoms with Crippen LogP contribution in [0.4, 0.5) is 0 Å². The molecule has 0 unspecified atom stereocenters. The van der Waals surface area contributed by atoms with E-state index < -0.39 is 28.0 Å². The van der Waals surface area contributed by atoms with E-state index in [1.54, 1.807) is 41.3 Å². The topological polar surface area (TPSA) is 126 Å². The van der Waals surface area contributed by atoms with Crippen LogP contribution in [0.2, 0.25) is 5.02 Å². The zero-order chi connectivity index (χ0) is 27.3. The Labute approximate surface area is 225 Å². The Morgan fingerprint density at radius 1 is 1.00 bits per heavy atom. The quantitative estimate of drug-likeness (QED) is 0.420. The van der Waals surface area contributed by atoms with E-state index in [0.717, 1.165) is 11.6 Å². The molecule has 200 valence electrons. The Bertz CT molecular complexity index is 1400. The normalized spacial score (nSPS) is 14.7. The van der Waals surface area contributed by atoms with Crippen LogP contribution in [-0.4, -0.2) is 68.3 Å². The maximum atomic E-state index is 12.9. The molecule has 2 aromatic carbocycles. The number of sulfonamides is 1. The minimum Gasteiger partial charge on any atom is -0.459 e. The van der Waals surface area contributed by atoms with E-state index in [1.807, 2.05) is 6.07 Å². The number of carbonyl (C=O) groups is 3. The fourth-order valence-corrected chi connectivity index (χ4v) is 5.45. The molecule has 1 N–H and O–H groups in total. The van der Waals surface area contributed by atoms with Gasteiger partial charge in [-0.2, -0.15) is 0 Å². The third-order valence-corrected chi connectivity index (χ3v) is 7.89. The van der Waals surface area contributed by atoms with Crippen LogP contribution in [-0.2, 0) is 26.1 Å². The highest BCUT2D eigenvalue weighted by Gasteiger charge is 2.30. The highest BCUT2D eigenvalue weighted by atomic mass is 35.5. The van der Waals surface area contributed by atoms with Crippen molar-refractivity contribution in [3.63, 3.8) is 0 Å². The van der Waals surface area contributed by atoms with Crippen LogP contribution >= 0.6 is 11.6 Å². The van der Waals surface area contributed by atoms with Gasteiger partial charge in [-0.3, -0.25) is 9.59 Å². The number of esters is 1. The molecule has 38 heavy (non-hydrogen) atoms. The Morgan fingerprint density at radius 3 is 2.34 bits per heavy atom. The van der Waals surface area contributed by atoms with Gasteiger partial charge in [-0.15, -0.1) is 0 Å². The molecule has 4 rings (SSSR count). The molecule has 12 heteroatoms. The molecule has 3 aromatic rings. The summed E-state index contributed by atoms with van der Waals surface area (Å²) < 4.78 is 38.6. The lowest BCUT2D eigenvalue weighted by Crippen LogP contribution is -2.53. The molecule has 1 aliphatic rings. The van der Waals surface area contributed by atoms with Crippen molar-refractivity contribution >= 4 is 39.4 Å². The van der Waals surface area contributed by atoms with Gasteiger partial charge in [0.2, 0.25) is 10.0 Å². The molecular formula is C26H26ClN3O7S. The van der Waals surface area contributed by atoms with Crippen molar-refractivity contribution in [2.24, 2.45) is 0 Å². The first-order valence-corrected chi connectivity index (χ1v) is 13.7. The molecule has 0 aliphatic carbocycles. The Kier molecular flexibility index (Phi) is 8.50. The molecule has 0 bridgehead atoms. The number of hydrogen-bond donors (Lipinski definition) is 1. The summed E-state index contributed by atoms with van der Waals surface area (Å²) in [6.07, 6.45) is 0.297. The van der Waals surface area contributed by atoms with Crippen molar-refractivity contribution in [2.75, 3.05) is 26.2 Å². The summed E-state index contributed by atoms with van der Waals surface area (Å²) in [7, 11) is -4.04. The monoisotopic (exact) mass is 559 g/mol. The van der Waals surface area contributed by atoms with Gasteiger partial charge in [-0.05, 0) is 42.8 Å². The summed E-state index contributed by atoms with van der Waals surface area (Å²) in [5, 5.41) is -0.0618.